The molecule has 2 aromatic heterocycles. The lowest BCUT2D eigenvalue weighted by Crippen LogP contribution is -2.53. The van der Waals surface area contributed by atoms with E-state index in [1.165, 1.54) is 36.8 Å². The molecule has 0 aliphatic heterocycles. The normalized spacial score (nSPS) is 12.1. The molecule has 0 saturated carbocycles. The van der Waals surface area contributed by atoms with E-state index < -0.39 is 36.0 Å². The van der Waals surface area contributed by atoms with Gasteiger partial charge in [0, 0.05) is 0 Å². The first-order chi connectivity index (χ1) is 18.5. The van der Waals surface area contributed by atoms with E-state index in [1.54, 1.807) is 60.7 Å². The summed E-state index contributed by atoms with van der Waals surface area (Å²) in [7, 11) is 0. The van der Waals surface area contributed by atoms with Gasteiger partial charge < -0.3 is 28.9 Å². The summed E-state index contributed by atoms with van der Waals surface area (Å²) in [6, 6.07) is 22.4. The topological polar surface area (TPSA) is 137 Å². The fraction of sp³-hybridized carbons (Fsp3) is 0.143. The molecule has 2 amide bonds. The minimum atomic E-state index is -1.83. The minimum absolute atomic E-state index is 0.0570. The van der Waals surface area contributed by atoms with E-state index in [0.717, 1.165) is 0 Å². The van der Waals surface area contributed by atoms with E-state index in [1.807, 2.05) is 0 Å². The molecular formula is C28H24N2O8. The smallest absolute Gasteiger partial charge is 0.339 e. The fourth-order valence-electron chi connectivity index (χ4n) is 3.40. The highest BCUT2D eigenvalue weighted by atomic mass is 16.6. The van der Waals surface area contributed by atoms with Crippen LogP contribution >= 0.6 is 0 Å². The molecule has 10 heteroatoms. The molecule has 4 aromatic rings. The van der Waals surface area contributed by atoms with Gasteiger partial charge in [-0.1, -0.05) is 36.4 Å². The lowest BCUT2D eigenvalue weighted by Gasteiger charge is -2.25. The van der Waals surface area contributed by atoms with Crippen molar-refractivity contribution in [2.24, 2.45) is 0 Å². The zero-order valence-electron chi connectivity index (χ0n) is 20.1. The number of furan rings is 2. The zero-order chi connectivity index (χ0) is 26.7. The number of hydrogen-bond acceptors (Lipinski definition) is 8. The van der Waals surface area contributed by atoms with Gasteiger partial charge in [-0.25, -0.2) is 9.59 Å². The molecule has 0 radical (unpaired) electrons. The summed E-state index contributed by atoms with van der Waals surface area (Å²) in [6.45, 7) is -0.114. The quantitative estimate of drug-likeness (QED) is 0.290. The standard InChI is InChI=1S/C28H24N2O8/c31-25(29-17-21-13-7-15-35-21)23(37-27(33)19-9-3-1-4-10-19)24(26(32)30-18-22-14-8-16-36-22)38-28(34)20-11-5-2-6-12-20/h1-16,23-24H,17-18H2,(H,29,31)(H,30,32)/t23-,24-/m0/s1. The summed E-state index contributed by atoms with van der Waals surface area (Å²) in [5.74, 6) is -2.67. The van der Waals surface area contributed by atoms with Crippen LogP contribution in [0.4, 0.5) is 0 Å². The number of carbonyl (C=O) groups excluding carboxylic acids is 4. The largest absolute Gasteiger partial charge is 0.467 e. The van der Waals surface area contributed by atoms with Crippen LogP contribution in [0.5, 0.6) is 0 Å². The maximum absolute atomic E-state index is 13.3. The average Bonchev–Trinajstić information content (AvgIpc) is 3.68. The van der Waals surface area contributed by atoms with Crippen molar-refractivity contribution in [1.82, 2.24) is 10.6 Å². The predicted octanol–water partition coefficient (Wildman–Crippen LogP) is 3.26. The van der Waals surface area contributed by atoms with Gasteiger partial charge in [-0.05, 0) is 48.5 Å². The fourth-order valence-corrected chi connectivity index (χ4v) is 3.40. The molecule has 0 aliphatic rings. The Labute approximate surface area is 217 Å². The van der Waals surface area contributed by atoms with Crippen LogP contribution in [-0.2, 0) is 32.2 Å². The van der Waals surface area contributed by atoms with Crippen LogP contribution in [0.3, 0.4) is 0 Å². The van der Waals surface area contributed by atoms with Gasteiger partial charge in [-0.3, -0.25) is 9.59 Å². The van der Waals surface area contributed by atoms with Crippen molar-refractivity contribution in [3.8, 4) is 0 Å². The summed E-state index contributed by atoms with van der Waals surface area (Å²) in [6.07, 6.45) is -0.800. The van der Waals surface area contributed by atoms with Crippen molar-refractivity contribution in [3.05, 3.63) is 120 Å². The second kappa shape index (κ2) is 12.7. The number of esters is 2. The van der Waals surface area contributed by atoms with Crippen LogP contribution in [0.15, 0.2) is 106 Å². The Balaban J connectivity index is 1.61. The summed E-state index contributed by atoms with van der Waals surface area (Å²) in [5, 5.41) is 5.12. The van der Waals surface area contributed by atoms with E-state index in [2.05, 4.69) is 10.6 Å². The van der Waals surface area contributed by atoms with Gasteiger partial charge in [0.15, 0.2) is 0 Å². The molecular weight excluding hydrogens is 492 g/mol. The molecule has 38 heavy (non-hydrogen) atoms. The summed E-state index contributed by atoms with van der Waals surface area (Å²) in [5.41, 5.74) is 0.279. The molecule has 4 rings (SSSR count). The molecule has 0 saturated heterocycles. The van der Waals surface area contributed by atoms with Gasteiger partial charge in [0.05, 0.1) is 36.7 Å². The Kier molecular flexibility index (Phi) is 8.69. The zero-order valence-corrected chi connectivity index (χ0v) is 20.1. The minimum Gasteiger partial charge on any atom is -0.467 e. The number of amides is 2. The third kappa shape index (κ3) is 6.97. The number of ether oxygens (including phenoxy) is 2. The molecule has 0 fully saturated rings. The highest BCUT2D eigenvalue weighted by Crippen LogP contribution is 2.15. The molecule has 0 spiro atoms. The Morgan fingerprint density at radius 1 is 0.579 bits per heavy atom. The number of hydrogen-bond donors (Lipinski definition) is 2. The van der Waals surface area contributed by atoms with Crippen molar-refractivity contribution in [2.75, 3.05) is 0 Å². The van der Waals surface area contributed by atoms with Crippen LogP contribution in [0.25, 0.3) is 0 Å². The molecule has 2 atom stereocenters. The molecule has 2 aromatic carbocycles. The second-order valence-corrected chi connectivity index (χ2v) is 7.98. The molecule has 194 valence electrons. The van der Waals surface area contributed by atoms with E-state index in [0.29, 0.717) is 11.5 Å². The monoisotopic (exact) mass is 516 g/mol. The summed E-state index contributed by atoms with van der Waals surface area (Å²) < 4.78 is 21.4. The average molecular weight is 517 g/mol. The predicted molar refractivity (Wildman–Crippen MR) is 132 cm³/mol. The van der Waals surface area contributed by atoms with E-state index in [4.69, 9.17) is 18.3 Å². The second-order valence-electron chi connectivity index (χ2n) is 7.98. The lowest BCUT2D eigenvalue weighted by molar-refractivity contribution is -0.147. The number of rotatable bonds is 11. The van der Waals surface area contributed by atoms with Gasteiger partial charge >= 0.3 is 11.9 Å². The molecule has 10 nitrogen and oxygen atoms in total. The van der Waals surface area contributed by atoms with Crippen LogP contribution in [0, 0.1) is 0 Å². The summed E-state index contributed by atoms with van der Waals surface area (Å²) in [4.78, 5) is 52.4. The van der Waals surface area contributed by atoms with Gasteiger partial charge in [0.1, 0.15) is 11.5 Å². The first-order valence-electron chi connectivity index (χ1n) is 11.6. The maximum Gasteiger partial charge on any atom is 0.339 e. The van der Waals surface area contributed by atoms with Crippen LogP contribution < -0.4 is 10.6 Å². The van der Waals surface area contributed by atoms with Gasteiger partial charge in [0.25, 0.3) is 11.8 Å². The van der Waals surface area contributed by atoms with Gasteiger partial charge in [0.2, 0.25) is 12.2 Å². The van der Waals surface area contributed by atoms with Gasteiger partial charge in [-0.2, -0.15) is 0 Å². The molecule has 2 N–H and O–H groups in total. The highest BCUT2D eigenvalue weighted by Gasteiger charge is 2.40. The van der Waals surface area contributed by atoms with Gasteiger partial charge in [-0.15, -0.1) is 0 Å². The molecule has 0 unspecified atom stereocenters. The third-order valence-corrected chi connectivity index (χ3v) is 5.31. The Hall–Kier alpha value is -5.12. The maximum atomic E-state index is 13.3. The van der Waals surface area contributed by atoms with Crippen molar-refractivity contribution in [2.45, 2.75) is 25.3 Å². The third-order valence-electron chi connectivity index (χ3n) is 5.31. The first kappa shape index (κ1) is 26.0. The van der Waals surface area contributed by atoms with Crippen LogP contribution in [-0.4, -0.2) is 36.0 Å². The van der Waals surface area contributed by atoms with E-state index in [9.17, 15) is 19.2 Å². The van der Waals surface area contributed by atoms with Crippen LogP contribution in [0.2, 0.25) is 0 Å². The van der Waals surface area contributed by atoms with Crippen molar-refractivity contribution >= 4 is 23.8 Å². The Bertz CT molecular complexity index is 1230. The number of nitrogens with one attached hydrogen (secondary N) is 2. The molecule has 0 bridgehead atoms. The summed E-state index contributed by atoms with van der Waals surface area (Å²) >= 11 is 0. The van der Waals surface area contributed by atoms with E-state index >= 15 is 0 Å². The highest BCUT2D eigenvalue weighted by molar-refractivity contribution is 5.98. The van der Waals surface area contributed by atoms with Crippen molar-refractivity contribution in [1.29, 1.82) is 0 Å². The molecule has 2 heterocycles. The molecule has 0 aliphatic carbocycles. The van der Waals surface area contributed by atoms with Crippen LogP contribution in [0.1, 0.15) is 32.2 Å². The Morgan fingerprint density at radius 2 is 0.974 bits per heavy atom. The SMILES string of the molecule is O=C(O[C@H](C(=O)NCc1ccco1)[C@H](OC(=O)c1ccccc1)C(=O)NCc1ccco1)c1ccccc1. The lowest BCUT2D eigenvalue weighted by atomic mass is 10.1. The number of benzene rings is 2. The number of carbonyl (C=O) groups is 4. The Morgan fingerprint density at radius 3 is 1.32 bits per heavy atom. The van der Waals surface area contributed by atoms with Crippen molar-refractivity contribution in [3.63, 3.8) is 0 Å². The first-order valence-corrected chi connectivity index (χ1v) is 11.6. The van der Waals surface area contributed by atoms with Crippen molar-refractivity contribution < 1.29 is 37.5 Å². The van der Waals surface area contributed by atoms with E-state index in [-0.39, 0.29) is 24.2 Å².